The van der Waals surface area contributed by atoms with Gasteiger partial charge in [0.25, 0.3) is 11.4 Å². The summed E-state index contributed by atoms with van der Waals surface area (Å²) in [6.07, 6.45) is 1.37. The van der Waals surface area contributed by atoms with E-state index in [-0.39, 0.29) is 5.56 Å². The molecule has 0 aliphatic carbocycles. The number of carbonyl (C=O) groups excluding carboxylic acids is 1. The number of nitro groups is 2. The molecule has 138 valence electrons. The molecule has 0 amide bonds. The summed E-state index contributed by atoms with van der Waals surface area (Å²) in [6.45, 7) is 3.94. The first-order valence-electron chi connectivity index (χ1n) is 8.17. The fourth-order valence-corrected chi connectivity index (χ4v) is 3.45. The van der Waals surface area contributed by atoms with E-state index in [2.05, 4.69) is 0 Å². The zero-order valence-corrected chi connectivity index (χ0v) is 15.0. The van der Waals surface area contributed by atoms with Gasteiger partial charge in [0.05, 0.1) is 15.9 Å². The summed E-state index contributed by atoms with van der Waals surface area (Å²) in [5, 5.41) is 22.2. The van der Waals surface area contributed by atoms with Crippen molar-refractivity contribution in [1.82, 2.24) is 0 Å². The van der Waals surface area contributed by atoms with Gasteiger partial charge in [-0.05, 0) is 17.7 Å². The number of non-ortho nitro benzene ring substituents is 1. The third-order valence-corrected chi connectivity index (χ3v) is 4.86. The van der Waals surface area contributed by atoms with Gasteiger partial charge in [-0.15, -0.1) is 0 Å². The summed E-state index contributed by atoms with van der Waals surface area (Å²) in [5.41, 5.74) is 1.04. The maximum Gasteiger partial charge on any atom is 0.287 e. The van der Waals surface area contributed by atoms with E-state index in [1.807, 2.05) is 50.1 Å². The van der Waals surface area contributed by atoms with Gasteiger partial charge < -0.3 is 4.90 Å². The third kappa shape index (κ3) is 2.95. The molecular formula is C19H17N3O5. The van der Waals surface area contributed by atoms with Crippen LogP contribution in [0.4, 0.5) is 17.1 Å². The highest BCUT2D eigenvalue weighted by atomic mass is 16.6. The van der Waals surface area contributed by atoms with E-state index in [0.29, 0.717) is 5.70 Å². The molecule has 1 aliphatic heterocycles. The van der Waals surface area contributed by atoms with Crippen LogP contribution in [0.25, 0.3) is 0 Å². The lowest BCUT2D eigenvalue weighted by Crippen LogP contribution is -2.24. The predicted molar refractivity (Wildman–Crippen MR) is 100 cm³/mol. The molecule has 0 bridgehead atoms. The Kier molecular flexibility index (Phi) is 4.27. The summed E-state index contributed by atoms with van der Waals surface area (Å²) >= 11 is 0. The molecule has 0 radical (unpaired) electrons. The van der Waals surface area contributed by atoms with Crippen LogP contribution in [-0.4, -0.2) is 22.7 Å². The summed E-state index contributed by atoms with van der Waals surface area (Å²) in [5.74, 6) is -0.570. The van der Waals surface area contributed by atoms with Crippen molar-refractivity contribution < 1.29 is 14.6 Å². The number of likely N-dealkylation sites (N-methyl/N-ethyl adjacent to an activating group) is 1. The molecule has 8 heteroatoms. The molecule has 2 aromatic rings. The maximum atomic E-state index is 12.8. The van der Waals surface area contributed by atoms with E-state index >= 15 is 0 Å². The molecule has 0 saturated carbocycles. The number of ketones is 1. The van der Waals surface area contributed by atoms with E-state index in [4.69, 9.17) is 0 Å². The fourth-order valence-electron chi connectivity index (χ4n) is 3.45. The highest BCUT2D eigenvalue weighted by molar-refractivity contribution is 6.08. The molecule has 0 atom stereocenters. The van der Waals surface area contributed by atoms with E-state index < -0.39 is 32.4 Å². The number of allylic oxidation sites excluding steroid dienone is 2. The Morgan fingerprint density at radius 2 is 1.74 bits per heavy atom. The van der Waals surface area contributed by atoms with Crippen molar-refractivity contribution in [2.24, 2.45) is 0 Å². The number of fused-ring (bicyclic) bond motifs is 1. The highest BCUT2D eigenvalue weighted by Gasteiger charge is 2.39. The van der Waals surface area contributed by atoms with Crippen LogP contribution in [0.15, 0.2) is 54.2 Å². The van der Waals surface area contributed by atoms with Gasteiger partial charge in [0.1, 0.15) is 5.56 Å². The van der Waals surface area contributed by atoms with Gasteiger partial charge in [-0.1, -0.05) is 32.0 Å². The van der Waals surface area contributed by atoms with Crippen molar-refractivity contribution in [1.29, 1.82) is 0 Å². The first-order valence-corrected chi connectivity index (χ1v) is 8.17. The average molecular weight is 367 g/mol. The molecule has 0 N–H and O–H groups in total. The molecule has 27 heavy (non-hydrogen) atoms. The molecule has 0 fully saturated rings. The number of rotatable bonds is 4. The second-order valence-electron chi connectivity index (χ2n) is 6.81. The van der Waals surface area contributed by atoms with Crippen molar-refractivity contribution in [3.8, 4) is 0 Å². The van der Waals surface area contributed by atoms with Crippen LogP contribution >= 0.6 is 0 Å². The van der Waals surface area contributed by atoms with Crippen LogP contribution < -0.4 is 4.90 Å². The monoisotopic (exact) mass is 367 g/mol. The molecule has 1 heterocycles. The van der Waals surface area contributed by atoms with E-state index in [0.717, 1.165) is 29.4 Å². The largest absolute Gasteiger partial charge is 0.347 e. The Bertz CT molecular complexity index is 1010. The Balaban J connectivity index is 2.08. The maximum absolute atomic E-state index is 12.8. The standard InChI is InChI=1S/C19H17N3O5/c1-19(2)14-6-4-5-7-15(14)20(3)18(19)11-17(23)13-9-8-12(21(24)25)10-16(13)22(26)27/h4-11H,1-3H3/b18-11-. The fraction of sp³-hybridized carbons (Fsp3) is 0.211. The van der Waals surface area contributed by atoms with Gasteiger partial charge in [0.15, 0.2) is 5.78 Å². The van der Waals surface area contributed by atoms with E-state index in [9.17, 15) is 25.0 Å². The molecule has 0 aromatic heterocycles. The quantitative estimate of drug-likeness (QED) is 0.350. The molecule has 0 saturated heterocycles. The zero-order valence-electron chi connectivity index (χ0n) is 15.0. The van der Waals surface area contributed by atoms with Crippen LogP contribution in [0.2, 0.25) is 0 Å². The average Bonchev–Trinajstić information content (AvgIpc) is 2.82. The lowest BCUT2D eigenvalue weighted by atomic mass is 9.83. The molecular weight excluding hydrogens is 350 g/mol. The number of nitro benzene ring substituents is 2. The number of hydrogen-bond acceptors (Lipinski definition) is 6. The van der Waals surface area contributed by atoms with Crippen LogP contribution in [0.3, 0.4) is 0 Å². The van der Waals surface area contributed by atoms with Crippen molar-refractivity contribution in [3.05, 3.63) is 85.6 Å². The molecule has 1 aliphatic rings. The number of benzene rings is 2. The highest BCUT2D eigenvalue weighted by Crippen LogP contribution is 2.46. The number of anilines is 1. The van der Waals surface area contributed by atoms with Gasteiger partial charge in [-0.2, -0.15) is 0 Å². The van der Waals surface area contributed by atoms with Gasteiger partial charge in [0.2, 0.25) is 0 Å². The van der Waals surface area contributed by atoms with Gasteiger partial charge in [-0.3, -0.25) is 25.0 Å². The number of nitrogens with zero attached hydrogens (tertiary/aromatic N) is 3. The SMILES string of the molecule is CN1/C(=C\C(=O)c2ccc([N+](=O)[O-])cc2[N+](=O)[O-])C(C)(C)c2ccccc21. The minimum absolute atomic E-state index is 0.182. The third-order valence-electron chi connectivity index (χ3n) is 4.86. The predicted octanol–water partition coefficient (Wildman–Crippen LogP) is 4.00. The Hall–Kier alpha value is -3.55. The first kappa shape index (κ1) is 18.2. The molecule has 0 spiro atoms. The summed E-state index contributed by atoms with van der Waals surface area (Å²) in [7, 11) is 1.83. The minimum Gasteiger partial charge on any atom is -0.347 e. The second kappa shape index (κ2) is 6.31. The van der Waals surface area contributed by atoms with Crippen molar-refractivity contribution in [2.45, 2.75) is 19.3 Å². The van der Waals surface area contributed by atoms with Crippen LogP contribution in [0.1, 0.15) is 29.8 Å². The lowest BCUT2D eigenvalue weighted by Gasteiger charge is -2.23. The topological polar surface area (TPSA) is 107 Å². The van der Waals surface area contributed by atoms with Gasteiger partial charge in [0, 0.05) is 36.0 Å². The van der Waals surface area contributed by atoms with Crippen LogP contribution in [0.5, 0.6) is 0 Å². The van der Waals surface area contributed by atoms with Crippen molar-refractivity contribution >= 4 is 22.8 Å². The van der Waals surface area contributed by atoms with Crippen LogP contribution in [0, 0.1) is 20.2 Å². The Morgan fingerprint density at radius 1 is 1.07 bits per heavy atom. The molecule has 0 unspecified atom stereocenters. The van der Waals surface area contributed by atoms with Gasteiger partial charge in [-0.25, -0.2) is 0 Å². The minimum atomic E-state index is -0.781. The summed E-state index contributed by atoms with van der Waals surface area (Å²) < 4.78 is 0. The summed E-state index contributed by atoms with van der Waals surface area (Å²) in [4.78, 5) is 35.4. The lowest BCUT2D eigenvalue weighted by molar-refractivity contribution is -0.394. The molecule has 2 aromatic carbocycles. The zero-order chi connectivity index (χ0) is 19.9. The molecule has 8 nitrogen and oxygen atoms in total. The Morgan fingerprint density at radius 3 is 2.33 bits per heavy atom. The molecule has 3 rings (SSSR count). The normalized spacial score (nSPS) is 16.3. The second-order valence-corrected chi connectivity index (χ2v) is 6.81. The number of hydrogen-bond donors (Lipinski definition) is 0. The Labute approximate surface area is 155 Å². The van der Waals surface area contributed by atoms with Crippen molar-refractivity contribution in [3.63, 3.8) is 0 Å². The van der Waals surface area contributed by atoms with E-state index in [1.165, 1.54) is 6.08 Å². The van der Waals surface area contributed by atoms with Gasteiger partial charge >= 0.3 is 0 Å². The summed E-state index contributed by atoms with van der Waals surface area (Å²) in [6, 6.07) is 10.8. The van der Waals surface area contributed by atoms with Crippen LogP contribution in [-0.2, 0) is 5.41 Å². The smallest absolute Gasteiger partial charge is 0.287 e. The van der Waals surface area contributed by atoms with Crippen molar-refractivity contribution in [2.75, 3.05) is 11.9 Å². The number of para-hydroxylation sites is 1. The van der Waals surface area contributed by atoms with E-state index in [1.54, 1.807) is 0 Å². The number of carbonyl (C=O) groups is 1. The first-order chi connectivity index (χ1) is 12.6.